The highest BCUT2D eigenvalue weighted by atomic mass is 32.2. The number of nitrogens with two attached hydrogens (primary N) is 1. The van der Waals surface area contributed by atoms with E-state index in [4.69, 9.17) is 0 Å². The normalized spacial score (nSPS) is 12.8. The number of hydrogen-bond acceptors (Lipinski definition) is 3. The summed E-state index contributed by atoms with van der Waals surface area (Å²) in [7, 11) is -3.46. The Labute approximate surface area is 180 Å². The van der Waals surface area contributed by atoms with Gasteiger partial charge in [-0.15, -0.1) is 0 Å². The molecule has 6 nitrogen and oxygen atoms in total. The molecule has 7 heteroatoms. The summed E-state index contributed by atoms with van der Waals surface area (Å²) in [6.07, 6.45) is 0. The predicted molar refractivity (Wildman–Crippen MR) is 121 cm³/mol. The number of sulfonamides is 1. The number of nitrogens with one attached hydrogen (secondary N) is 1. The van der Waals surface area contributed by atoms with Crippen molar-refractivity contribution in [1.82, 2.24) is 4.31 Å². The summed E-state index contributed by atoms with van der Waals surface area (Å²) in [6, 6.07) is 11.1. The van der Waals surface area contributed by atoms with Gasteiger partial charge in [-0.1, -0.05) is 43.7 Å². The van der Waals surface area contributed by atoms with Crippen LogP contribution in [0.2, 0.25) is 0 Å². The zero-order valence-electron chi connectivity index (χ0n) is 18.8. The molecule has 30 heavy (non-hydrogen) atoms. The Morgan fingerprint density at radius 1 is 1.03 bits per heavy atom. The van der Waals surface area contributed by atoms with Gasteiger partial charge in [0, 0.05) is 24.3 Å². The van der Waals surface area contributed by atoms with Crippen LogP contribution in [0.15, 0.2) is 41.3 Å². The summed E-state index contributed by atoms with van der Waals surface area (Å²) in [5, 5.41) is 4.96. The molecule has 0 fully saturated rings. The van der Waals surface area contributed by atoms with Crippen LogP contribution in [0.5, 0.6) is 0 Å². The van der Waals surface area contributed by atoms with Crippen molar-refractivity contribution in [2.45, 2.75) is 52.5 Å². The fraction of sp³-hybridized carbons (Fsp3) is 0.435. The number of carbonyl (C=O) groups is 1. The lowest BCUT2D eigenvalue weighted by molar-refractivity contribution is -0.682. The molecule has 2 rings (SSSR count). The van der Waals surface area contributed by atoms with Crippen molar-refractivity contribution in [2.75, 3.05) is 25.0 Å². The number of nitrogens with zero attached hydrogens (tertiary/aromatic N) is 1. The van der Waals surface area contributed by atoms with Crippen LogP contribution in [0.3, 0.4) is 0 Å². The first-order valence-corrected chi connectivity index (χ1v) is 11.8. The molecule has 0 heterocycles. The van der Waals surface area contributed by atoms with Crippen LogP contribution in [0.1, 0.15) is 49.1 Å². The molecule has 1 amide bonds. The monoisotopic (exact) mass is 432 g/mol. The van der Waals surface area contributed by atoms with Crippen LogP contribution in [0.25, 0.3) is 0 Å². The topological polar surface area (TPSA) is 83.1 Å². The molecular weight excluding hydrogens is 398 g/mol. The minimum atomic E-state index is -3.46. The SMILES string of the molecule is CCN(CC)S(=O)(=O)c1ccc([C@H](C)[NH2+]CC(=O)Nc2c(C)cc(C)cc2C)cc1. The number of rotatable bonds is 9. The molecule has 164 valence electrons. The molecule has 2 aromatic carbocycles. The highest BCUT2D eigenvalue weighted by molar-refractivity contribution is 7.89. The van der Waals surface area contributed by atoms with E-state index in [0.29, 0.717) is 18.0 Å². The molecule has 0 aliphatic rings. The van der Waals surface area contributed by atoms with Crippen molar-refractivity contribution in [1.29, 1.82) is 0 Å². The van der Waals surface area contributed by atoms with E-state index >= 15 is 0 Å². The second kappa shape index (κ2) is 10.2. The number of amides is 1. The largest absolute Gasteiger partial charge is 0.333 e. The molecule has 0 saturated carbocycles. The molecule has 0 unspecified atom stereocenters. The maximum atomic E-state index is 12.6. The fourth-order valence-electron chi connectivity index (χ4n) is 3.64. The highest BCUT2D eigenvalue weighted by Gasteiger charge is 2.22. The van der Waals surface area contributed by atoms with E-state index in [1.165, 1.54) is 9.87 Å². The molecule has 0 bridgehead atoms. The molecule has 0 aromatic heterocycles. The minimum Gasteiger partial charge on any atom is -0.333 e. The first-order valence-electron chi connectivity index (χ1n) is 10.4. The maximum absolute atomic E-state index is 12.6. The van der Waals surface area contributed by atoms with Gasteiger partial charge in [-0.25, -0.2) is 8.42 Å². The van der Waals surface area contributed by atoms with Gasteiger partial charge in [0.25, 0.3) is 5.91 Å². The standard InChI is InChI=1S/C23H33N3O3S/c1-7-26(8-2)30(28,29)21-11-9-20(10-12-21)19(6)24-15-22(27)25-23-17(4)13-16(3)14-18(23)5/h9-14,19,24H,7-8,15H2,1-6H3,(H,25,27)/p+1/t19-/m0/s1. The Morgan fingerprint density at radius 2 is 1.57 bits per heavy atom. The zero-order valence-corrected chi connectivity index (χ0v) is 19.6. The lowest BCUT2D eigenvalue weighted by atomic mass is 10.1. The fourth-order valence-corrected chi connectivity index (χ4v) is 5.10. The number of quaternary nitrogens is 1. The third-order valence-corrected chi connectivity index (χ3v) is 7.41. The van der Waals surface area contributed by atoms with Crippen LogP contribution < -0.4 is 10.6 Å². The van der Waals surface area contributed by atoms with Gasteiger partial charge < -0.3 is 10.6 Å². The molecule has 3 N–H and O–H groups in total. The molecule has 0 aliphatic carbocycles. The summed E-state index contributed by atoms with van der Waals surface area (Å²) in [5.41, 5.74) is 5.13. The summed E-state index contributed by atoms with van der Waals surface area (Å²) < 4.78 is 26.7. The van der Waals surface area contributed by atoms with E-state index in [1.807, 2.05) is 59.0 Å². The molecule has 0 aliphatic heterocycles. The summed E-state index contributed by atoms with van der Waals surface area (Å²) in [6.45, 7) is 12.9. The third kappa shape index (κ3) is 5.68. The number of hydrogen-bond donors (Lipinski definition) is 2. The average molecular weight is 433 g/mol. The smallest absolute Gasteiger partial charge is 0.279 e. The minimum absolute atomic E-state index is 0.0289. The van der Waals surface area contributed by atoms with E-state index in [1.54, 1.807) is 12.1 Å². The van der Waals surface area contributed by atoms with Gasteiger partial charge >= 0.3 is 0 Å². The van der Waals surface area contributed by atoms with Crippen LogP contribution in [0.4, 0.5) is 5.69 Å². The Hall–Kier alpha value is -2.22. The number of aryl methyl sites for hydroxylation is 3. The van der Waals surface area contributed by atoms with E-state index in [2.05, 4.69) is 17.4 Å². The number of carbonyl (C=O) groups excluding carboxylic acids is 1. The molecule has 0 saturated heterocycles. The predicted octanol–water partition coefficient (Wildman–Crippen LogP) is 2.91. The molecule has 1 atom stereocenters. The van der Waals surface area contributed by atoms with Crippen molar-refractivity contribution < 1.29 is 18.5 Å². The quantitative estimate of drug-likeness (QED) is 0.639. The Morgan fingerprint density at radius 3 is 2.07 bits per heavy atom. The third-order valence-electron chi connectivity index (χ3n) is 5.35. The Kier molecular flexibility index (Phi) is 8.18. The van der Waals surface area contributed by atoms with Gasteiger partial charge in [-0.05, 0) is 51.0 Å². The van der Waals surface area contributed by atoms with Crippen LogP contribution in [-0.4, -0.2) is 38.3 Å². The van der Waals surface area contributed by atoms with Crippen molar-refractivity contribution in [2.24, 2.45) is 0 Å². The van der Waals surface area contributed by atoms with Crippen molar-refractivity contribution in [3.05, 3.63) is 58.7 Å². The van der Waals surface area contributed by atoms with E-state index in [-0.39, 0.29) is 18.5 Å². The van der Waals surface area contributed by atoms with Gasteiger partial charge in [0.15, 0.2) is 6.54 Å². The van der Waals surface area contributed by atoms with Gasteiger partial charge in [0.05, 0.1) is 4.90 Å². The molecule has 0 spiro atoms. The Balaban J connectivity index is 2.00. The van der Waals surface area contributed by atoms with Crippen LogP contribution in [0, 0.1) is 20.8 Å². The number of benzene rings is 2. The average Bonchev–Trinajstić information content (AvgIpc) is 2.69. The lowest BCUT2D eigenvalue weighted by Crippen LogP contribution is -2.86. The second-order valence-electron chi connectivity index (χ2n) is 7.71. The van der Waals surface area contributed by atoms with Crippen molar-refractivity contribution in [3.63, 3.8) is 0 Å². The maximum Gasteiger partial charge on any atom is 0.279 e. The van der Waals surface area contributed by atoms with E-state index < -0.39 is 10.0 Å². The van der Waals surface area contributed by atoms with Crippen LogP contribution in [-0.2, 0) is 14.8 Å². The van der Waals surface area contributed by atoms with Crippen LogP contribution >= 0.6 is 0 Å². The first kappa shape index (κ1) is 24.1. The van der Waals surface area contributed by atoms with Gasteiger partial charge in [-0.2, -0.15) is 4.31 Å². The van der Waals surface area contributed by atoms with E-state index in [0.717, 1.165) is 22.4 Å². The van der Waals surface area contributed by atoms with Gasteiger partial charge in [-0.3, -0.25) is 4.79 Å². The second-order valence-corrected chi connectivity index (χ2v) is 9.65. The summed E-state index contributed by atoms with van der Waals surface area (Å²) >= 11 is 0. The lowest BCUT2D eigenvalue weighted by Gasteiger charge is -2.19. The molecule has 0 radical (unpaired) electrons. The zero-order chi connectivity index (χ0) is 22.5. The summed E-state index contributed by atoms with van der Waals surface area (Å²) in [4.78, 5) is 12.7. The van der Waals surface area contributed by atoms with Crippen molar-refractivity contribution in [3.8, 4) is 0 Å². The Bertz CT molecular complexity index is 958. The molecular formula is C23H34N3O3S+. The van der Waals surface area contributed by atoms with Crippen molar-refractivity contribution >= 4 is 21.6 Å². The van der Waals surface area contributed by atoms with E-state index in [9.17, 15) is 13.2 Å². The first-order chi connectivity index (χ1) is 14.1. The number of anilines is 1. The van der Waals surface area contributed by atoms with Gasteiger partial charge in [0.2, 0.25) is 10.0 Å². The molecule has 2 aromatic rings. The van der Waals surface area contributed by atoms with Gasteiger partial charge in [0.1, 0.15) is 6.04 Å². The highest BCUT2D eigenvalue weighted by Crippen LogP contribution is 2.22. The summed E-state index contributed by atoms with van der Waals surface area (Å²) in [5.74, 6) is -0.0577.